The van der Waals surface area contributed by atoms with Crippen LogP contribution in [0.2, 0.25) is 0 Å². The Labute approximate surface area is 175 Å². The van der Waals surface area contributed by atoms with Crippen LogP contribution in [0.5, 0.6) is 17.2 Å². The monoisotopic (exact) mass is 410 g/mol. The number of nitrogens with zero attached hydrogens (tertiary/aromatic N) is 1. The van der Waals surface area contributed by atoms with Gasteiger partial charge in [-0.25, -0.2) is 4.98 Å². The molecule has 0 atom stereocenters. The number of benzene rings is 2. The molecule has 4 aromatic rings. The zero-order valence-electron chi connectivity index (χ0n) is 17.3. The number of hydrogen-bond acceptors (Lipinski definition) is 7. The van der Waals surface area contributed by atoms with E-state index in [1.807, 2.05) is 55.6 Å². The number of aliphatic hydroxyl groups excluding tert-OH is 1. The average Bonchev–Trinajstić information content (AvgIpc) is 3.17. The number of nitrogens with one attached hydrogen (secondary N) is 1. The number of fused-ring (bicyclic) bond motifs is 3. The van der Waals surface area contributed by atoms with E-state index < -0.39 is 0 Å². The number of furan rings is 1. The van der Waals surface area contributed by atoms with Crippen LogP contribution >= 0.6 is 0 Å². The fourth-order valence-corrected chi connectivity index (χ4v) is 3.04. The van der Waals surface area contributed by atoms with Crippen molar-refractivity contribution in [2.45, 2.75) is 6.61 Å². The molecule has 0 aliphatic rings. The first kappa shape index (κ1) is 21.4. The minimum Gasteiger partial charge on any atom is -0.495 e. The summed E-state index contributed by atoms with van der Waals surface area (Å²) < 4.78 is 22.9. The van der Waals surface area contributed by atoms with Gasteiger partial charge >= 0.3 is 0 Å². The molecule has 7 nitrogen and oxygen atoms in total. The van der Waals surface area contributed by atoms with Gasteiger partial charge in [-0.3, -0.25) is 0 Å². The van der Waals surface area contributed by atoms with Gasteiger partial charge in [0.25, 0.3) is 0 Å². The second-order valence-corrected chi connectivity index (χ2v) is 6.32. The second-order valence-electron chi connectivity index (χ2n) is 6.32. The molecule has 0 saturated carbocycles. The van der Waals surface area contributed by atoms with Gasteiger partial charge in [0.05, 0.1) is 13.3 Å². The second kappa shape index (κ2) is 10.5. The van der Waals surface area contributed by atoms with Gasteiger partial charge in [0.1, 0.15) is 47.3 Å². The molecular formula is C23H26N2O5. The first-order valence-electron chi connectivity index (χ1n) is 9.57. The van der Waals surface area contributed by atoms with Gasteiger partial charge in [-0.15, -0.1) is 0 Å². The van der Waals surface area contributed by atoms with Crippen molar-refractivity contribution >= 4 is 21.9 Å². The molecule has 0 unspecified atom stereocenters. The predicted octanol–water partition coefficient (Wildman–Crippen LogP) is 3.78. The maximum Gasteiger partial charge on any atom is 0.147 e. The molecule has 4 rings (SSSR count). The first-order chi connectivity index (χ1) is 14.8. The number of ether oxygens (including phenoxy) is 3. The lowest BCUT2D eigenvalue weighted by atomic mass is 10.1. The molecule has 2 aromatic carbocycles. The van der Waals surface area contributed by atoms with E-state index in [2.05, 4.69) is 10.3 Å². The van der Waals surface area contributed by atoms with Crippen LogP contribution in [0.3, 0.4) is 0 Å². The number of aromatic nitrogens is 1. The van der Waals surface area contributed by atoms with Crippen molar-refractivity contribution in [3.8, 4) is 17.2 Å². The van der Waals surface area contributed by atoms with E-state index in [0.29, 0.717) is 30.4 Å². The summed E-state index contributed by atoms with van der Waals surface area (Å²) in [6.45, 7) is 1.62. The Morgan fingerprint density at radius 1 is 0.967 bits per heavy atom. The van der Waals surface area contributed by atoms with Crippen LogP contribution in [-0.4, -0.2) is 44.5 Å². The van der Waals surface area contributed by atoms with Gasteiger partial charge in [0.15, 0.2) is 0 Å². The fourth-order valence-electron chi connectivity index (χ4n) is 3.04. The smallest absolute Gasteiger partial charge is 0.147 e. The number of methoxy groups -OCH3 is 1. The number of likely N-dealkylation sites (N-methyl/N-ethyl adjacent to an activating group) is 1. The fraction of sp³-hybridized carbons (Fsp3) is 0.261. The molecule has 0 fully saturated rings. The molecule has 158 valence electrons. The van der Waals surface area contributed by atoms with Crippen molar-refractivity contribution in [3.63, 3.8) is 0 Å². The van der Waals surface area contributed by atoms with Crippen LogP contribution in [0, 0.1) is 0 Å². The highest BCUT2D eigenvalue weighted by Crippen LogP contribution is 2.32. The van der Waals surface area contributed by atoms with Gasteiger partial charge in [-0.05, 0) is 31.3 Å². The normalized spacial score (nSPS) is 10.5. The molecule has 2 heterocycles. The third kappa shape index (κ3) is 4.82. The summed E-state index contributed by atoms with van der Waals surface area (Å²) in [4.78, 5) is 4.43. The molecule has 0 bridgehead atoms. The summed E-state index contributed by atoms with van der Waals surface area (Å²) in [5.41, 5.74) is 2.42. The quantitative estimate of drug-likeness (QED) is 0.428. The van der Waals surface area contributed by atoms with Crippen LogP contribution in [0.4, 0.5) is 0 Å². The molecule has 2 N–H and O–H groups in total. The van der Waals surface area contributed by atoms with Crippen molar-refractivity contribution in [1.82, 2.24) is 10.3 Å². The van der Waals surface area contributed by atoms with Crippen molar-refractivity contribution in [2.75, 3.05) is 34.4 Å². The van der Waals surface area contributed by atoms with E-state index in [9.17, 15) is 0 Å². The summed E-state index contributed by atoms with van der Waals surface area (Å²) >= 11 is 0. The molecule has 0 spiro atoms. The summed E-state index contributed by atoms with van der Waals surface area (Å²) in [6.07, 6.45) is 1.68. The van der Waals surface area contributed by atoms with E-state index in [1.165, 1.54) is 0 Å². The topological polar surface area (TPSA) is 86.0 Å². The Morgan fingerprint density at radius 3 is 2.57 bits per heavy atom. The molecule has 0 radical (unpaired) electrons. The van der Waals surface area contributed by atoms with E-state index in [-0.39, 0.29) is 0 Å². The van der Waals surface area contributed by atoms with Crippen LogP contribution in [0.25, 0.3) is 21.9 Å². The molecule has 30 heavy (non-hydrogen) atoms. The number of pyridine rings is 1. The number of hydrogen-bond donors (Lipinski definition) is 2. The Hall–Kier alpha value is -3.29. The van der Waals surface area contributed by atoms with E-state index in [0.717, 1.165) is 41.3 Å². The molecule has 2 aromatic heterocycles. The lowest BCUT2D eigenvalue weighted by molar-refractivity contribution is 0.286. The van der Waals surface area contributed by atoms with Crippen molar-refractivity contribution in [1.29, 1.82) is 0 Å². The SMILES string of the molecule is CNCCOc1cnc(COc2ccc3oc4ccccc4c3c2)c(OC)c1.CO. The standard InChI is InChI=1S/C22H22N2O4.CH4O/c1-23-9-10-26-16-12-22(25-2)19(24-13-16)14-27-15-7-8-21-18(11-15)17-5-3-4-6-20(17)28-21;1-2/h3-8,11-13,23H,9-10,14H2,1-2H3;2H,1H3. The van der Waals surface area contributed by atoms with Crippen molar-refractivity contribution in [3.05, 3.63) is 60.4 Å². The van der Waals surface area contributed by atoms with Gasteiger partial charge in [-0.2, -0.15) is 0 Å². The van der Waals surface area contributed by atoms with E-state index in [1.54, 1.807) is 13.3 Å². The van der Waals surface area contributed by atoms with Gasteiger partial charge in [-0.1, -0.05) is 18.2 Å². The predicted molar refractivity (Wildman–Crippen MR) is 116 cm³/mol. The Bertz CT molecular complexity index is 1090. The Morgan fingerprint density at radius 2 is 1.77 bits per heavy atom. The molecule has 0 saturated heterocycles. The highest BCUT2D eigenvalue weighted by molar-refractivity contribution is 6.05. The van der Waals surface area contributed by atoms with Crippen molar-refractivity contribution in [2.24, 2.45) is 0 Å². The number of rotatable bonds is 8. The van der Waals surface area contributed by atoms with Crippen LogP contribution < -0.4 is 19.5 Å². The number of para-hydroxylation sites is 1. The third-order valence-electron chi connectivity index (χ3n) is 4.47. The Kier molecular flexibility index (Phi) is 7.48. The van der Waals surface area contributed by atoms with Gasteiger partial charge in [0, 0.05) is 30.5 Å². The lowest BCUT2D eigenvalue weighted by Crippen LogP contribution is -2.16. The Balaban J connectivity index is 0.00000124. The van der Waals surface area contributed by atoms with Crippen LogP contribution in [-0.2, 0) is 6.61 Å². The van der Waals surface area contributed by atoms with E-state index in [4.69, 9.17) is 23.7 Å². The summed E-state index contributed by atoms with van der Waals surface area (Å²) in [6, 6.07) is 15.6. The summed E-state index contributed by atoms with van der Waals surface area (Å²) in [7, 11) is 4.49. The van der Waals surface area contributed by atoms with Crippen LogP contribution in [0.15, 0.2) is 59.1 Å². The third-order valence-corrected chi connectivity index (χ3v) is 4.47. The highest BCUT2D eigenvalue weighted by Gasteiger charge is 2.10. The lowest BCUT2D eigenvalue weighted by Gasteiger charge is -2.12. The maximum absolute atomic E-state index is 7.00. The zero-order chi connectivity index (χ0) is 21.3. The van der Waals surface area contributed by atoms with Crippen molar-refractivity contribution < 1.29 is 23.7 Å². The number of aliphatic hydroxyl groups is 1. The minimum absolute atomic E-state index is 0.293. The molecule has 7 heteroatoms. The largest absolute Gasteiger partial charge is 0.495 e. The van der Waals surface area contributed by atoms with Crippen LogP contribution in [0.1, 0.15) is 5.69 Å². The molecule has 0 aliphatic heterocycles. The zero-order valence-corrected chi connectivity index (χ0v) is 17.3. The highest BCUT2D eigenvalue weighted by atomic mass is 16.5. The van der Waals surface area contributed by atoms with Gasteiger partial charge < -0.3 is 29.1 Å². The van der Waals surface area contributed by atoms with E-state index >= 15 is 0 Å². The first-order valence-corrected chi connectivity index (χ1v) is 9.57. The summed E-state index contributed by atoms with van der Waals surface area (Å²) in [5.74, 6) is 2.05. The van der Waals surface area contributed by atoms with Gasteiger partial charge in [0.2, 0.25) is 0 Å². The minimum atomic E-state index is 0.293. The maximum atomic E-state index is 7.00. The summed E-state index contributed by atoms with van der Waals surface area (Å²) in [5, 5.41) is 12.1. The average molecular weight is 410 g/mol. The molecule has 0 aliphatic carbocycles. The molecule has 0 amide bonds. The molecular weight excluding hydrogens is 384 g/mol.